The number of rotatable bonds is 1. The van der Waals surface area contributed by atoms with Gasteiger partial charge in [-0.1, -0.05) is 54.1 Å². The third-order valence-corrected chi connectivity index (χ3v) is 3.60. The second-order valence-electron chi connectivity index (χ2n) is 5.07. The molecule has 3 rings (SSSR count). The molecule has 0 saturated heterocycles. The van der Waals surface area contributed by atoms with Crippen molar-refractivity contribution in [1.29, 1.82) is 0 Å². The van der Waals surface area contributed by atoms with Gasteiger partial charge in [0, 0.05) is 11.1 Å². The van der Waals surface area contributed by atoms with Crippen LogP contribution in [-0.4, -0.2) is 5.78 Å². The van der Waals surface area contributed by atoms with Crippen LogP contribution in [0, 0.1) is 6.92 Å². The Balaban J connectivity index is 1.98. The fraction of sp³-hybridized carbons (Fsp3) is 0.167. The van der Waals surface area contributed by atoms with E-state index >= 15 is 0 Å². The number of fused-ring (bicyclic) bond motifs is 1. The van der Waals surface area contributed by atoms with E-state index in [4.69, 9.17) is 0 Å². The number of Topliss-reactive ketones (excluding diaryl/α,β-unsaturated/α-hetero) is 1. The molecule has 1 aliphatic carbocycles. The summed E-state index contributed by atoms with van der Waals surface area (Å²) in [4.78, 5) is 12.4. The zero-order valence-corrected chi connectivity index (χ0v) is 11.0. The van der Waals surface area contributed by atoms with Gasteiger partial charge in [0.25, 0.3) is 0 Å². The molecule has 94 valence electrons. The lowest BCUT2D eigenvalue weighted by Crippen LogP contribution is -2.13. The molecule has 0 heterocycles. The van der Waals surface area contributed by atoms with Gasteiger partial charge in [0.05, 0.1) is 0 Å². The number of hydrogen-bond acceptors (Lipinski definition) is 1. The first-order chi connectivity index (χ1) is 9.24. The van der Waals surface area contributed by atoms with Crippen molar-refractivity contribution < 1.29 is 4.79 Å². The van der Waals surface area contributed by atoms with Gasteiger partial charge in [-0.05, 0) is 37.0 Å². The van der Waals surface area contributed by atoms with E-state index in [0.717, 1.165) is 29.5 Å². The van der Waals surface area contributed by atoms with Crippen LogP contribution in [0.2, 0.25) is 0 Å². The van der Waals surface area contributed by atoms with Gasteiger partial charge in [0.2, 0.25) is 0 Å². The standard InChI is InChI=1S/C18H16O/c1-13-5-4-6-14(11-13)12-16-10-9-15-7-2-3-8-17(15)18(16)19/h2-8,11-12H,9-10H2,1H3/b16-12+. The van der Waals surface area contributed by atoms with Crippen LogP contribution < -0.4 is 0 Å². The summed E-state index contributed by atoms with van der Waals surface area (Å²) in [5.74, 6) is 0.184. The minimum atomic E-state index is 0.184. The lowest BCUT2D eigenvalue weighted by atomic mass is 9.86. The lowest BCUT2D eigenvalue weighted by Gasteiger charge is -2.17. The van der Waals surface area contributed by atoms with Crippen LogP contribution in [0.25, 0.3) is 6.08 Å². The summed E-state index contributed by atoms with van der Waals surface area (Å²) in [6, 6.07) is 16.2. The highest BCUT2D eigenvalue weighted by Crippen LogP contribution is 2.26. The third-order valence-electron chi connectivity index (χ3n) is 3.60. The average Bonchev–Trinajstić information content (AvgIpc) is 2.42. The number of carbonyl (C=O) groups excluding carboxylic acids is 1. The molecule has 0 bridgehead atoms. The van der Waals surface area contributed by atoms with Gasteiger partial charge < -0.3 is 0 Å². The van der Waals surface area contributed by atoms with Crippen molar-refractivity contribution in [3.63, 3.8) is 0 Å². The van der Waals surface area contributed by atoms with E-state index in [1.165, 1.54) is 11.1 Å². The Kier molecular flexibility index (Phi) is 3.04. The summed E-state index contributed by atoms with van der Waals surface area (Å²) in [5, 5.41) is 0. The maximum Gasteiger partial charge on any atom is 0.189 e. The Morgan fingerprint density at radius 1 is 1.00 bits per heavy atom. The Hall–Kier alpha value is -2.15. The molecule has 0 unspecified atom stereocenters. The molecule has 0 aromatic heterocycles. The van der Waals surface area contributed by atoms with Crippen molar-refractivity contribution >= 4 is 11.9 Å². The minimum Gasteiger partial charge on any atom is -0.289 e. The van der Waals surface area contributed by atoms with Crippen molar-refractivity contribution in [2.45, 2.75) is 19.8 Å². The van der Waals surface area contributed by atoms with Crippen LogP contribution in [-0.2, 0) is 6.42 Å². The van der Waals surface area contributed by atoms with E-state index in [9.17, 15) is 4.79 Å². The summed E-state index contributed by atoms with van der Waals surface area (Å²) in [7, 11) is 0. The Morgan fingerprint density at radius 3 is 2.68 bits per heavy atom. The van der Waals surface area contributed by atoms with Crippen molar-refractivity contribution in [1.82, 2.24) is 0 Å². The molecular formula is C18H16O. The molecule has 0 fully saturated rings. The molecule has 0 aliphatic heterocycles. The maximum absolute atomic E-state index is 12.4. The highest BCUT2D eigenvalue weighted by molar-refractivity contribution is 6.13. The molecular weight excluding hydrogens is 232 g/mol. The second kappa shape index (κ2) is 4.85. The quantitative estimate of drug-likeness (QED) is 0.691. The van der Waals surface area contributed by atoms with Crippen LogP contribution >= 0.6 is 0 Å². The number of allylic oxidation sites excluding steroid dienone is 1. The molecule has 0 atom stereocenters. The smallest absolute Gasteiger partial charge is 0.189 e. The SMILES string of the molecule is Cc1cccc(/C=C2\CCc3ccccc3C2=O)c1. The minimum absolute atomic E-state index is 0.184. The molecule has 0 radical (unpaired) electrons. The van der Waals surface area contributed by atoms with Crippen LogP contribution in [0.15, 0.2) is 54.1 Å². The topological polar surface area (TPSA) is 17.1 Å². The van der Waals surface area contributed by atoms with Crippen LogP contribution in [0.3, 0.4) is 0 Å². The first-order valence-corrected chi connectivity index (χ1v) is 6.64. The van der Waals surface area contributed by atoms with Gasteiger partial charge in [0.15, 0.2) is 5.78 Å². The molecule has 1 aliphatic rings. The molecule has 2 aromatic carbocycles. The zero-order valence-electron chi connectivity index (χ0n) is 11.0. The highest BCUT2D eigenvalue weighted by Gasteiger charge is 2.20. The predicted octanol–water partition coefficient (Wildman–Crippen LogP) is 4.21. The predicted molar refractivity (Wildman–Crippen MR) is 78.2 cm³/mol. The van der Waals surface area contributed by atoms with E-state index in [1.807, 2.05) is 36.4 Å². The van der Waals surface area contributed by atoms with E-state index < -0.39 is 0 Å². The fourth-order valence-corrected chi connectivity index (χ4v) is 2.61. The van der Waals surface area contributed by atoms with E-state index in [1.54, 1.807) is 0 Å². The van der Waals surface area contributed by atoms with Gasteiger partial charge in [-0.25, -0.2) is 0 Å². The van der Waals surface area contributed by atoms with Crippen molar-refractivity contribution in [3.8, 4) is 0 Å². The number of ketones is 1. The zero-order chi connectivity index (χ0) is 13.2. The van der Waals surface area contributed by atoms with Crippen molar-refractivity contribution in [3.05, 3.63) is 76.4 Å². The molecule has 0 saturated carbocycles. The number of aryl methyl sites for hydroxylation is 2. The van der Waals surface area contributed by atoms with Crippen LogP contribution in [0.5, 0.6) is 0 Å². The summed E-state index contributed by atoms with van der Waals surface area (Å²) >= 11 is 0. The van der Waals surface area contributed by atoms with Crippen LogP contribution in [0.1, 0.15) is 33.5 Å². The van der Waals surface area contributed by atoms with Crippen molar-refractivity contribution in [2.75, 3.05) is 0 Å². The molecule has 1 heteroatoms. The summed E-state index contributed by atoms with van der Waals surface area (Å²) in [5.41, 5.74) is 5.30. The lowest BCUT2D eigenvalue weighted by molar-refractivity contribution is 0.102. The molecule has 0 spiro atoms. The summed E-state index contributed by atoms with van der Waals surface area (Å²) in [6.45, 7) is 2.07. The normalized spacial score (nSPS) is 16.5. The van der Waals surface area contributed by atoms with Gasteiger partial charge in [-0.15, -0.1) is 0 Å². The molecule has 19 heavy (non-hydrogen) atoms. The second-order valence-corrected chi connectivity index (χ2v) is 5.07. The van der Waals surface area contributed by atoms with E-state index in [-0.39, 0.29) is 5.78 Å². The average molecular weight is 248 g/mol. The van der Waals surface area contributed by atoms with E-state index in [2.05, 4.69) is 25.1 Å². The Labute approximate surface area is 113 Å². The van der Waals surface area contributed by atoms with Crippen LogP contribution in [0.4, 0.5) is 0 Å². The molecule has 0 amide bonds. The number of benzene rings is 2. The monoisotopic (exact) mass is 248 g/mol. The number of carbonyl (C=O) groups is 1. The molecule has 1 nitrogen and oxygen atoms in total. The highest BCUT2D eigenvalue weighted by atomic mass is 16.1. The first-order valence-electron chi connectivity index (χ1n) is 6.64. The molecule has 2 aromatic rings. The van der Waals surface area contributed by atoms with Crippen molar-refractivity contribution in [2.24, 2.45) is 0 Å². The third kappa shape index (κ3) is 2.37. The van der Waals surface area contributed by atoms with Gasteiger partial charge in [-0.2, -0.15) is 0 Å². The molecule has 0 N–H and O–H groups in total. The van der Waals surface area contributed by atoms with Gasteiger partial charge in [-0.3, -0.25) is 4.79 Å². The van der Waals surface area contributed by atoms with E-state index in [0.29, 0.717) is 0 Å². The Morgan fingerprint density at radius 2 is 1.84 bits per heavy atom. The first kappa shape index (κ1) is 11.9. The summed E-state index contributed by atoms with van der Waals surface area (Å²) in [6.07, 6.45) is 3.83. The number of hydrogen-bond donors (Lipinski definition) is 0. The Bertz CT molecular complexity index is 665. The van der Waals surface area contributed by atoms with Gasteiger partial charge in [0.1, 0.15) is 0 Å². The van der Waals surface area contributed by atoms with Gasteiger partial charge >= 0.3 is 0 Å². The summed E-state index contributed by atoms with van der Waals surface area (Å²) < 4.78 is 0. The fourth-order valence-electron chi connectivity index (χ4n) is 2.61. The maximum atomic E-state index is 12.4. The largest absolute Gasteiger partial charge is 0.289 e.